The molecule has 1 aliphatic rings. The molecular formula is C12H21N3O3S. The minimum Gasteiger partial charge on any atom is -0.392 e. The van der Waals surface area contributed by atoms with Gasteiger partial charge in [0.15, 0.2) is 5.03 Å². The highest BCUT2D eigenvalue weighted by Gasteiger charge is 2.39. The van der Waals surface area contributed by atoms with Crippen molar-refractivity contribution in [3.05, 3.63) is 11.3 Å². The third-order valence-electron chi connectivity index (χ3n) is 3.43. The van der Waals surface area contributed by atoms with Crippen molar-refractivity contribution in [3.8, 4) is 0 Å². The molecule has 6 nitrogen and oxygen atoms in total. The van der Waals surface area contributed by atoms with Crippen LogP contribution in [0.5, 0.6) is 0 Å². The number of aryl methyl sites for hydroxylation is 1. The third kappa shape index (κ3) is 2.82. The van der Waals surface area contributed by atoms with E-state index >= 15 is 0 Å². The first kappa shape index (κ1) is 14.5. The van der Waals surface area contributed by atoms with Crippen LogP contribution in [0.3, 0.4) is 0 Å². The summed E-state index contributed by atoms with van der Waals surface area (Å²) in [5.41, 5.74) is 0.981. The largest absolute Gasteiger partial charge is 0.392 e. The van der Waals surface area contributed by atoms with Crippen molar-refractivity contribution in [1.82, 2.24) is 14.5 Å². The van der Waals surface area contributed by atoms with Crippen molar-refractivity contribution in [2.24, 2.45) is 0 Å². The summed E-state index contributed by atoms with van der Waals surface area (Å²) >= 11 is 0. The number of hydrogen-bond acceptors (Lipinski definition) is 4. The molecule has 0 radical (unpaired) electrons. The molecule has 7 heteroatoms. The van der Waals surface area contributed by atoms with Gasteiger partial charge in [-0.3, -0.25) is 5.10 Å². The van der Waals surface area contributed by atoms with Crippen molar-refractivity contribution in [3.63, 3.8) is 0 Å². The van der Waals surface area contributed by atoms with Crippen LogP contribution in [0, 0.1) is 6.92 Å². The molecule has 0 saturated heterocycles. The molecule has 2 N–H and O–H groups in total. The smallest absolute Gasteiger partial charge is 0.263 e. The van der Waals surface area contributed by atoms with Crippen LogP contribution < -0.4 is 0 Å². The predicted octanol–water partition coefficient (Wildman–Crippen LogP) is 1.16. The monoisotopic (exact) mass is 287 g/mol. The second-order valence-corrected chi connectivity index (χ2v) is 6.80. The van der Waals surface area contributed by atoms with Gasteiger partial charge < -0.3 is 5.11 Å². The number of rotatable bonds is 7. The summed E-state index contributed by atoms with van der Waals surface area (Å²) in [5.74, 6) is 0. The molecule has 0 spiro atoms. The molecule has 1 saturated carbocycles. The molecular weight excluding hydrogens is 266 g/mol. The number of hydrogen-bond donors (Lipinski definition) is 2. The number of aliphatic hydroxyl groups excluding tert-OH is 1. The van der Waals surface area contributed by atoms with Crippen LogP contribution >= 0.6 is 0 Å². The van der Waals surface area contributed by atoms with Gasteiger partial charge in [-0.05, 0) is 26.2 Å². The first-order chi connectivity index (χ1) is 9.02. The number of aromatic amines is 1. The minimum atomic E-state index is -3.60. The summed E-state index contributed by atoms with van der Waals surface area (Å²) in [5, 5.41) is 15.8. The van der Waals surface area contributed by atoms with Crippen LogP contribution in [0.2, 0.25) is 0 Å². The van der Waals surface area contributed by atoms with Gasteiger partial charge in [-0.25, -0.2) is 8.42 Å². The lowest BCUT2D eigenvalue weighted by Crippen LogP contribution is -2.34. The van der Waals surface area contributed by atoms with Gasteiger partial charge in [0.25, 0.3) is 10.0 Å². The summed E-state index contributed by atoms with van der Waals surface area (Å²) in [6.07, 6.45) is 3.63. The maximum absolute atomic E-state index is 12.6. The second-order valence-electron chi connectivity index (χ2n) is 4.99. The Morgan fingerprint density at radius 1 is 1.47 bits per heavy atom. The van der Waals surface area contributed by atoms with Crippen LogP contribution in [-0.2, 0) is 16.6 Å². The first-order valence-electron chi connectivity index (χ1n) is 6.69. The molecule has 1 fully saturated rings. The Morgan fingerprint density at radius 2 is 2.16 bits per heavy atom. The lowest BCUT2D eigenvalue weighted by molar-refractivity contribution is 0.277. The maximum Gasteiger partial charge on any atom is 0.263 e. The van der Waals surface area contributed by atoms with Gasteiger partial charge in [0.2, 0.25) is 0 Å². The van der Waals surface area contributed by atoms with E-state index in [0.717, 1.165) is 25.7 Å². The van der Waals surface area contributed by atoms with Crippen molar-refractivity contribution in [2.45, 2.75) is 57.2 Å². The quantitative estimate of drug-likeness (QED) is 0.788. The zero-order valence-corrected chi connectivity index (χ0v) is 12.2. The van der Waals surface area contributed by atoms with E-state index in [0.29, 0.717) is 17.8 Å². The normalized spacial score (nSPS) is 16.2. The Bertz CT molecular complexity index is 534. The van der Waals surface area contributed by atoms with E-state index in [9.17, 15) is 13.5 Å². The molecule has 0 unspecified atom stereocenters. The van der Waals surface area contributed by atoms with Crippen molar-refractivity contribution < 1.29 is 13.5 Å². The molecule has 0 bridgehead atoms. The van der Waals surface area contributed by atoms with E-state index in [1.54, 1.807) is 11.2 Å². The first-order valence-corrected chi connectivity index (χ1v) is 8.13. The predicted molar refractivity (Wildman–Crippen MR) is 71.1 cm³/mol. The number of unbranched alkanes of at least 4 members (excludes halogenated alkanes) is 1. The van der Waals surface area contributed by atoms with Gasteiger partial charge in [0.05, 0.1) is 6.61 Å². The average Bonchev–Trinajstić information content (AvgIpc) is 3.11. The molecule has 0 amide bonds. The van der Waals surface area contributed by atoms with Crippen molar-refractivity contribution in [2.75, 3.05) is 6.54 Å². The fourth-order valence-electron chi connectivity index (χ4n) is 2.12. The summed E-state index contributed by atoms with van der Waals surface area (Å²) in [6, 6.07) is 0.111. The van der Waals surface area contributed by atoms with Gasteiger partial charge in [-0.1, -0.05) is 13.3 Å². The summed E-state index contributed by atoms with van der Waals surface area (Å²) in [7, 11) is -3.60. The third-order valence-corrected chi connectivity index (χ3v) is 5.36. The van der Waals surface area contributed by atoms with E-state index in [-0.39, 0.29) is 17.7 Å². The second kappa shape index (κ2) is 5.60. The van der Waals surface area contributed by atoms with E-state index in [1.807, 2.05) is 6.92 Å². The van der Waals surface area contributed by atoms with E-state index in [1.165, 1.54) is 0 Å². The zero-order chi connectivity index (χ0) is 14.0. The SMILES string of the molecule is CCCCN(C1CC1)S(=O)(=O)c1n[nH]c(C)c1CO. The molecule has 1 aromatic heterocycles. The van der Waals surface area contributed by atoms with Gasteiger partial charge in [-0.15, -0.1) is 0 Å². The lowest BCUT2D eigenvalue weighted by atomic mass is 10.3. The molecule has 1 aromatic rings. The molecule has 19 heavy (non-hydrogen) atoms. The van der Waals surface area contributed by atoms with Gasteiger partial charge in [0, 0.05) is 23.8 Å². The molecule has 0 atom stereocenters. The number of H-pyrrole nitrogens is 1. The van der Waals surface area contributed by atoms with Crippen LogP contribution in [0.4, 0.5) is 0 Å². The highest BCUT2D eigenvalue weighted by molar-refractivity contribution is 7.89. The van der Waals surface area contributed by atoms with Crippen LogP contribution in [-0.4, -0.2) is 40.6 Å². The topological polar surface area (TPSA) is 86.3 Å². The number of nitrogens with zero attached hydrogens (tertiary/aromatic N) is 2. The molecule has 1 aliphatic carbocycles. The fourth-order valence-corrected chi connectivity index (χ4v) is 4.00. The van der Waals surface area contributed by atoms with Crippen LogP contribution in [0.1, 0.15) is 43.9 Å². The van der Waals surface area contributed by atoms with Gasteiger partial charge in [-0.2, -0.15) is 9.40 Å². The summed E-state index contributed by atoms with van der Waals surface area (Å²) in [4.78, 5) is 0. The Labute approximate surface area is 113 Å². The van der Waals surface area contributed by atoms with E-state index < -0.39 is 10.0 Å². The molecule has 0 aromatic carbocycles. The van der Waals surface area contributed by atoms with Gasteiger partial charge >= 0.3 is 0 Å². The Hall–Kier alpha value is -0.920. The number of aromatic nitrogens is 2. The van der Waals surface area contributed by atoms with E-state index in [4.69, 9.17) is 0 Å². The molecule has 1 heterocycles. The summed E-state index contributed by atoms with van der Waals surface area (Å²) in [6.45, 7) is 3.96. The highest BCUT2D eigenvalue weighted by atomic mass is 32.2. The molecule has 0 aliphatic heterocycles. The standard InChI is InChI=1S/C12H21N3O3S/c1-3-4-7-15(10-5-6-10)19(17,18)12-11(8-16)9(2)13-14-12/h10,16H,3-8H2,1-2H3,(H,13,14). The fraction of sp³-hybridized carbons (Fsp3) is 0.750. The van der Waals surface area contributed by atoms with Crippen molar-refractivity contribution >= 4 is 10.0 Å². The summed E-state index contributed by atoms with van der Waals surface area (Å²) < 4.78 is 26.8. The number of aliphatic hydroxyl groups is 1. The lowest BCUT2D eigenvalue weighted by Gasteiger charge is -2.20. The molecule has 108 valence electrons. The Morgan fingerprint density at radius 3 is 2.68 bits per heavy atom. The maximum atomic E-state index is 12.6. The highest BCUT2D eigenvalue weighted by Crippen LogP contribution is 2.33. The zero-order valence-electron chi connectivity index (χ0n) is 11.4. The van der Waals surface area contributed by atoms with E-state index in [2.05, 4.69) is 10.2 Å². The van der Waals surface area contributed by atoms with Crippen LogP contribution in [0.15, 0.2) is 5.03 Å². The molecule has 2 rings (SSSR count). The van der Waals surface area contributed by atoms with Crippen molar-refractivity contribution in [1.29, 1.82) is 0 Å². The Balaban J connectivity index is 2.33. The number of nitrogens with one attached hydrogen (secondary N) is 1. The van der Waals surface area contributed by atoms with Gasteiger partial charge in [0.1, 0.15) is 0 Å². The number of sulfonamides is 1. The average molecular weight is 287 g/mol. The minimum absolute atomic E-state index is 0.0181. The Kier molecular flexibility index (Phi) is 4.27. The van der Waals surface area contributed by atoms with Crippen LogP contribution in [0.25, 0.3) is 0 Å².